The topological polar surface area (TPSA) is 108 Å². The van der Waals surface area contributed by atoms with Crippen molar-refractivity contribution in [3.8, 4) is 5.75 Å². The zero-order valence-corrected chi connectivity index (χ0v) is 19.7. The molecule has 0 aliphatic carbocycles. The average Bonchev–Trinajstić information content (AvgIpc) is 2.81. The molecule has 0 spiro atoms. The van der Waals surface area contributed by atoms with Gasteiger partial charge in [0.05, 0.1) is 19.1 Å². The molecule has 0 saturated carbocycles. The molecule has 2 aromatic rings. The molecule has 1 heterocycles. The molecular weight excluding hydrogens is 446 g/mol. The summed E-state index contributed by atoms with van der Waals surface area (Å²) < 4.78 is 11.4. The predicted molar refractivity (Wildman–Crippen MR) is 125 cm³/mol. The zero-order chi connectivity index (χ0) is 24.0. The van der Waals surface area contributed by atoms with Gasteiger partial charge in [0.1, 0.15) is 30.2 Å². The van der Waals surface area contributed by atoms with Crippen molar-refractivity contribution in [2.24, 2.45) is 0 Å². The van der Waals surface area contributed by atoms with E-state index in [9.17, 15) is 20.1 Å². The Labute approximate surface area is 199 Å². The number of amides is 1. The lowest BCUT2D eigenvalue weighted by atomic mass is 9.89. The lowest BCUT2D eigenvalue weighted by Gasteiger charge is -2.41. The molecular formula is C25H32ClNO6. The highest BCUT2D eigenvalue weighted by atomic mass is 35.5. The summed E-state index contributed by atoms with van der Waals surface area (Å²) in [7, 11) is 0. The van der Waals surface area contributed by atoms with Gasteiger partial charge in [0.25, 0.3) is 0 Å². The first-order valence-corrected chi connectivity index (χ1v) is 11.7. The number of rotatable bonds is 9. The standard InChI is InChI=1S/C25H32ClNO6/c1-3-12-27-20(28)14-19-22(29)23(30)24(31)25(33-19)18-7-5-6-16(21(18)26)13-15-8-10-17(11-9-15)32-4-2/h5-11,19,22-25,29-31H,3-4,12-14H2,1-2H3,(H,27,28)/t19-,22+,23+,24+,25-/m0/s1. The van der Waals surface area contributed by atoms with Crippen molar-refractivity contribution < 1.29 is 29.6 Å². The first-order valence-electron chi connectivity index (χ1n) is 11.3. The van der Waals surface area contributed by atoms with E-state index in [1.165, 1.54) is 0 Å². The van der Waals surface area contributed by atoms with Crippen LogP contribution in [0.25, 0.3) is 0 Å². The number of hydrogen-bond acceptors (Lipinski definition) is 6. The third-order valence-corrected chi connectivity index (χ3v) is 6.18. The number of carbonyl (C=O) groups excluding carboxylic acids is 1. The molecule has 7 nitrogen and oxygen atoms in total. The average molecular weight is 478 g/mol. The maximum atomic E-state index is 12.2. The molecule has 2 aromatic carbocycles. The fraction of sp³-hybridized carbons (Fsp3) is 0.480. The molecule has 5 atom stereocenters. The minimum absolute atomic E-state index is 0.134. The van der Waals surface area contributed by atoms with Crippen LogP contribution in [0.15, 0.2) is 42.5 Å². The van der Waals surface area contributed by atoms with E-state index in [4.69, 9.17) is 21.1 Å². The minimum atomic E-state index is -1.47. The highest BCUT2D eigenvalue weighted by Gasteiger charge is 2.45. The largest absolute Gasteiger partial charge is 0.494 e. The number of aliphatic hydroxyl groups is 3. The van der Waals surface area contributed by atoms with Crippen molar-refractivity contribution >= 4 is 17.5 Å². The molecule has 1 saturated heterocycles. The van der Waals surface area contributed by atoms with Gasteiger partial charge in [-0.2, -0.15) is 0 Å². The molecule has 1 amide bonds. The number of benzene rings is 2. The van der Waals surface area contributed by atoms with Crippen LogP contribution in [0.1, 0.15) is 49.5 Å². The molecule has 1 aliphatic heterocycles. The van der Waals surface area contributed by atoms with E-state index >= 15 is 0 Å². The second kappa shape index (κ2) is 11.8. The van der Waals surface area contributed by atoms with Gasteiger partial charge in [-0.15, -0.1) is 0 Å². The molecule has 0 unspecified atom stereocenters. The number of nitrogens with one attached hydrogen (secondary N) is 1. The summed E-state index contributed by atoms with van der Waals surface area (Å²) in [6.45, 7) is 4.97. The smallest absolute Gasteiger partial charge is 0.222 e. The Hall–Kier alpha value is -2.16. The Morgan fingerprint density at radius 2 is 1.79 bits per heavy atom. The van der Waals surface area contributed by atoms with Gasteiger partial charge < -0.3 is 30.1 Å². The predicted octanol–water partition coefficient (Wildman–Crippen LogP) is 2.77. The van der Waals surface area contributed by atoms with Gasteiger partial charge in [-0.25, -0.2) is 0 Å². The second-order valence-corrected chi connectivity index (χ2v) is 8.57. The Morgan fingerprint density at radius 3 is 2.45 bits per heavy atom. The number of halogens is 1. The van der Waals surface area contributed by atoms with Gasteiger partial charge in [-0.05, 0) is 43.0 Å². The monoisotopic (exact) mass is 477 g/mol. The summed E-state index contributed by atoms with van der Waals surface area (Å²) in [5, 5.41) is 34.6. The summed E-state index contributed by atoms with van der Waals surface area (Å²) in [4.78, 5) is 12.2. The van der Waals surface area contributed by atoms with Crippen LogP contribution in [0, 0.1) is 0 Å². The Kier molecular flexibility index (Phi) is 9.11. The molecule has 0 aromatic heterocycles. The maximum absolute atomic E-state index is 12.2. The van der Waals surface area contributed by atoms with E-state index in [0.717, 1.165) is 23.3 Å². The van der Waals surface area contributed by atoms with Gasteiger partial charge in [0, 0.05) is 17.1 Å². The molecule has 33 heavy (non-hydrogen) atoms. The number of carbonyl (C=O) groups is 1. The van der Waals surface area contributed by atoms with Crippen LogP contribution >= 0.6 is 11.6 Å². The van der Waals surface area contributed by atoms with Crippen molar-refractivity contribution in [3.05, 3.63) is 64.2 Å². The summed E-state index contributed by atoms with van der Waals surface area (Å²) in [6, 6.07) is 13.1. The van der Waals surface area contributed by atoms with Gasteiger partial charge in [-0.1, -0.05) is 48.9 Å². The summed E-state index contributed by atoms with van der Waals surface area (Å²) in [5.74, 6) is 0.500. The number of hydrogen-bond donors (Lipinski definition) is 4. The van der Waals surface area contributed by atoms with Crippen LogP contribution in [0.4, 0.5) is 0 Å². The molecule has 0 radical (unpaired) electrons. The van der Waals surface area contributed by atoms with Gasteiger partial charge >= 0.3 is 0 Å². The lowest BCUT2D eigenvalue weighted by molar-refractivity contribution is -0.225. The van der Waals surface area contributed by atoms with Crippen molar-refractivity contribution in [2.75, 3.05) is 13.2 Å². The van der Waals surface area contributed by atoms with Crippen LogP contribution in [-0.4, -0.2) is 58.8 Å². The number of ether oxygens (including phenoxy) is 2. The first-order chi connectivity index (χ1) is 15.8. The van der Waals surface area contributed by atoms with Crippen molar-refractivity contribution in [2.45, 2.75) is 63.6 Å². The Bertz CT molecular complexity index is 922. The molecule has 180 valence electrons. The van der Waals surface area contributed by atoms with Gasteiger partial charge in [0.15, 0.2) is 0 Å². The van der Waals surface area contributed by atoms with E-state index < -0.39 is 30.5 Å². The van der Waals surface area contributed by atoms with E-state index in [-0.39, 0.29) is 12.3 Å². The fourth-order valence-electron chi connectivity index (χ4n) is 3.94. The van der Waals surface area contributed by atoms with E-state index in [1.807, 2.05) is 50.2 Å². The minimum Gasteiger partial charge on any atom is -0.494 e. The highest BCUT2D eigenvalue weighted by molar-refractivity contribution is 6.32. The molecule has 0 bridgehead atoms. The third kappa shape index (κ3) is 6.25. The van der Waals surface area contributed by atoms with Crippen LogP contribution in [0.2, 0.25) is 5.02 Å². The van der Waals surface area contributed by atoms with E-state index in [0.29, 0.717) is 30.2 Å². The van der Waals surface area contributed by atoms with Crippen molar-refractivity contribution in [3.63, 3.8) is 0 Å². The van der Waals surface area contributed by atoms with Crippen molar-refractivity contribution in [1.29, 1.82) is 0 Å². The normalized spacial score (nSPS) is 25.0. The fourth-order valence-corrected chi connectivity index (χ4v) is 4.24. The summed E-state index contributed by atoms with van der Waals surface area (Å²) in [6.07, 6.45) is -5.03. The van der Waals surface area contributed by atoms with Crippen molar-refractivity contribution in [1.82, 2.24) is 5.32 Å². The second-order valence-electron chi connectivity index (χ2n) is 8.20. The first kappa shape index (κ1) is 25.5. The summed E-state index contributed by atoms with van der Waals surface area (Å²) >= 11 is 6.71. The van der Waals surface area contributed by atoms with Crippen LogP contribution in [-0.2, 0) is 16.0 Å². The van der Waals surface area contributed by atoms with Gasteiger partial charge in [-0.3, -0.25) is 4.79 Å². The quantitative estimate of drug-likeness (QED) is 0.442. The van der Waals surface area contributed by atoms with Crippen LogP contribution < -0.4 is 10.1 Å². The third-order valence-electron chi connectivity index (χ3n) is 5.72. The summed E-state index contributed by atoms with van der Waals surface area (Å²) in [5.41, 5.74) is 2.35. The van der Waals surface area contributed by atoms with E-state index in [2.05, 4.69) is 5.32 Å². The molecule has 1 aliphatic rings. The van der Waals surface area contributed by atoms with Crippen LogP contribution in [0.3, 0.4) is 0 Å². The molecule has 8 heteroatoms. The molecule has 4 N–H and O–H groups in total. The highest BCUT2D eigenvalue weighted by Crippen LogP contribution is 2.38. The Morgan fingerprint density at radius 1 is 1.06 bits per heavy atom. The molecule has 1 fully saturated rings. The number of aliphatic hydroxyl groups excluding tert-OH is 3. The molecule has 3 rings (SSSR count). The zero-order valence-electron chi connectivity index (χ0n) is 18.9. The lowest BCUT2D eigenvalue weighted by Crippen LogP contribution is -2.55. The SMILES string of the molecule is CCCNC(=O)C[C@@H]1O[C@@H](c2cccc(Cc3ccc(OCC)cc3)c2Cl)[C@H](O)[C@H](O)[C@@H]1O. The maximum Gasteiger partial charge on any atom is 0.222 e. The van der Waals surface area contributed by atoms with E-state index in [1.54, 1.807) is 6.07 Å². The Balaban J connectivity index is 1.79. The van der Waals surface area contributed by atoms with Crippen LogP contribution in [0.5, 0.6) is 5.75 Å². The van der Waals surface area contributed by atoms with Gasteiger partial charge in [0.2, 0.25) is 5.91 Å².